The number of anilines is 1. The van der Waals surface area contributed by atoms with E-state index in [9.17, 15) is 0 Å². The van der Waals surface area contributed by atoms with Crippen molar-refractivity contribution in [3.8, 4) is 5.75 Å². The van der Waals surface area contributed by atoms with Gasteiger partial charge in [-0.25, -0.2) is 0 Å². The second kappa shape index (κ2) is 6.95. The molecule has 2 aromatic rings. The summed E-state index contributed by atoms with van der Waals surface area (Å²) in [6, 6.07) is 7.59. The normalized spacial score (nSPS) is 10.8. The first-order chi connectivity index (χ1) is 9.33. The highest BCUT2D eigenvalue weighted by molar-refractivity contribution is 5.93. The quantitative estimate of drug-likeness (QED) is 0.614. The van der Waals surface area contributed by atoms with Gasteiger partial charge in [0.2, 0.25) is 0 Å². The van der Waals surface area contributed by atoms with Crippen molar-refractivity contribution in [3.63, 3.8) is 0 Å². The lowest BCUT2D eigenvalue weighted by Gasteiger charge is -2.11. The van der Waals surface area contributed by atoms with E-state index in [-0.39, 0.29) is 0 Å². The topological polar surface area (TPSA) is 57.4 Å². The van der Waals surface area contributed by atoms with Crippen LogP contribution in [0.5, 0.6) is 5.75 Å². The molecule has 0 unspecified atom stereocenters. The Morgan fingerprint density at radius 1 is 1.16 bits per heavy atom. The molecule has 19 heavy (non-hydrogen) atoms. The number of nitrogens with two attached hydrogens (primary N) is 1. The van der Waals surface area contributed by atoms with Gasteiger partial charge >= 0.3 is 0 Å². The van der Waals surface area contributed by atoms with Crippen LogP contribution in [-0.2, 0) is 4.74 Å². The molecule has 102 valence electrons. The molecule has 0 saturated carbocycles. The van der Waals surface area contributed by atoms with Crippen LogP contribution in [0.15, 0.2) is 30.5 Å². The predicted octanol–water partition coefficient (Wildman–Crippen LogP) is 3.01. The number of unbranched alkanes of at least 4 members (excludes halogenated alkanes) is 1. The molecule has 1 aromatic carbocycles. The zero-order valence-electron chi connectivity index (χ0n) is 11.3. The van der Waals surface area contributed by atoms with E-state index in [0.717, 1.165) is 30.4 Å². The van der Waals surface area contributed by atoms with E-state index in [2.05, 4.69) is 11.9 Å². The van der Waals surface area contributed by atoms with Gasteiger partial charge in [0.05, 0.1) is 17.8 Å². The summed E-state index contributed by atoms with van der Waals surface area (Å²) < 4.78 is 11.1. The molecule has 0 fully saturated rings. The fourth-order valence-electron chi connectivity index (χ4n) is 1.84. The maximum absolute atomic E-state index is 6.08. The number of pyridine rings is 1. The number of fused-ring (bicyclic) bond motifs is 1. The van der Waals surface area contributed by atoms with Crippen LogP contribution in [0.4, 0.5) is 5.69 Å². The van der Waals surface area contributed by atoms with E-state index >= 15 is 0 Å². The molecule has 0 aliphatic rings. The lowest BCUT2D eigenvalue weighted by atomic mass is 10.2. The van der Waals surface area contributed by atoms with Gasteiger partial charge in [-0.1, -0.05) is 13.3 Å². The number of aromatic nitrogens is 1. The zero-order valence-corrected chi connectivity index (χ0v) is 11.3. The largest absolute Gasteiger partial charge is 0.489 e. The average molecular weight is 260 g/mol. The SMILES string of the molecule is CCCCOCCOc1ccc2ncccc2c1N. The molecule has 4 heteroatoms. The minimum Gasteiger partial charge on any atom is -0.489 e. The molecule has 0 atom stereocenters. The number of benzene rings is 1. The molecule has 1 aromatic heterocycles. The molecule has 0 aliphatic heterocycles. The summed E-state index contributed by atoms with van der Waals surface area (Å²) in [6.07, 6.45) is 3.99. The van der Waals surface area contributed by atoms with Gasteiger partial charge in [0.25, 0.3) is 0 Å². The molecule has 0 saturated heterocycles. The van der Waals surface area contributed by atoms with Gasteiger partial charge < -0.3 is 15.2 Å². The molecule has 1 heterocycles. The summed E-state index contributed by atoms with van der Waals surface area (Å²) in [5, 5.41) is 0.923. The summed E-state index contributed by atoms with van der Waals surface area (Å²) in [5.41, 5.74) is 7.59. The summed E-state index contributed by atoms with van der Waals surface area (Å²) in [7, 11) is 0. The van der Waals surface area contributed by atoms with Crippen LogP contribution < -0.4 is 10.5 Å². The maximum Gasteiger partial charge on any atom is 0.143 e. The Morgan fingerprint density at radius 2 is 2.05 bits per heavy atom. The molecule has 4 nitrogen and oxygen atoms in total. The van der Waals surface area contributed by atoms with E-state index in [1.54, 1.807) is 6.20 Å². The van der Waals surface area contributed by atoms with Crippen molar-refractivity contribution >= 4 is 16.6 Å². The number of hydrogen-bond donors (Lipinski definition) is 1. The van der Waals surface area contributed by atoms with Gasteiger partial charge in [-0.3, -0.25) is 4.98 Å². The standard InChI is InChI=1S/C15H20N2O2/c1-2-3-9-18-10-11-19-14-7-6-13-12(15(14)16)5-4-8-17-13/h4-8H,2-3,9-11,16H2,1H3. The summed E-state index contributed by atoms with van der Waals surface area (Å²) in [4.78, 5) is 4.25. The van der Waals surface area contributed by atoms with Crippen molar-refractivity contribution in [1.29, 1.82) is 0 Å². The highest BCUT2D eigenvalue weighted by Gasteiger charge is 2.05. The third-order valence-corrected chi connectivity index (χ3v) is 2.91. The molecule has 0 amide bonds. The Balaban J connectivity index is 1.92. The second-order valence-corrected chi connectivity index (χ2v) is 4.36. The summed E-state index contributed by atoms with van der Waals surface area (Å²) in [6.45, 7) is 4.03. The number of hydrogen-bond acceptors (Lipinski definition) is 4. The number of nitrogen functional groups attached to an aromatic ring is 1. The van der Waals surface area contributed by atoms with Gasteiger partial charge in [-0.15, -0.1) is 0 Å². The monoisotopic (exact) mass is 260 g/mol. The van der Waals surface area contributed by atoms with Crippen molar-refractivity contribution in [2.45, 2.75) is 19.8 Å². The zero-order chi connectivity index (χ0) is 13.5. The Labute approximate surface area is 113 Å². The van der Waals surface area contributed by atoms with Crippen molar-refractivity contribution in [3.05, 3.63) is 30.5 Å². The molecule has 2 rings (SSSR count). The summed E-state index contributed by atoms with van der Waals surface area (Å²) in [5.74, 6) is 0.694. The van der Waals surface area contributed by atoms with Crippen LogP contribution in [0.2, 0.25) is 0 Å². The van der Waals surface area contributed by atoms with Crippen LogP contribution in [0.3, 0.4) is 0 Å². The minimum atomic E-state index is 0.514. The summed E-state index contributed by atoms with van der Waals surface area (Å²) >= 11 is 0. The van der Waals surface area contributed by atoms with Crippen molar-refractivity contribution in [1.82, 2.24) is 4.98 Å². The number of nitrogens with zero attached hydrogens (tertiary/aromatic N) is 1. The van der Waals surface area contributed by atoms with E-state index in [0.29, 0.717) is 24.7 Å². The predicted molar refractivity (Wildman–Crippen MR) is 77.4 cm³/mol. The smallest absolute Gasteiger partial charge is 0.143 e. The molecule has 2 N–H and O–H groups in total. The molecule has 0 aliphatic carbocycles. The van der Waals surface area contributed by atoms with Crippen molar-refractivity contribution < 1.29 is 9.47 Å². The van der Waals surface area contributed by atoms with Crippen molar-refractivity contribution in [2.24, 2.45) is 0 Å². The highest BCUT2D eigenvalue weighted by atomic mass is 16.5. The van der Waals surface area contributed by atoms with Gasteiger partial charge in [-0.05, 0) is 30.7 Å². The first-order valence-corrected chi connectivity index (χ1v) is 6.66. The third-order valence-electron chi connectivity index (χ3n) is 2.91. The van der Waals surface area contributed by atoms with Gasteiger partial charge in [-0.2, -0.15) is 0 Å². The first-order valence-electron chi connectivity index (χ1n) is 6.66. The maximum atomic E-state index is 6.08. The third kappa shape index (κ3) is 3.58. The second-order valence-electron chi connectivity index (χ2n) is 4.36. The van der Waals surface area contributed by atoms with Crippen LogP contribution in [-0.4, -0.2) is 24.8 Å². The van der Waals surface area contributed by atoms with Gasteiger partial charge in [0.15, 0.2) is 0 Å². The molecular weight excluding hydrogens is 240 g/mol. The van der Waals surface area contributed by atoms with E-state index in [1.165, 1.54) is 0 Å². The fourth-order valence-corrected chi connectivity index (χ4v) is 1.84. The number of rotatable bonds is 7. The van der Waals surface area contributed by atoms with Crippen LogP contribution in [0.25, 0.3) is 10.9 Å². The van der Waals surface area contributed by atoms with E-state index in [1.807, 2.05) is 24.3 Å². The van der Waals surface area contributed by atoms with Crippen molar-refractivity contribution in [2.75, 3.05) is 25.6 Å². The van der Waals surface area contributed by atoms with Gasteiger partial charge in [0, 0.05) is 18.2 Å². The van der Waals surface area contributed by atoms with Crippen LogP contribution >= 0.6 is 0 Å². The number of ether oxygens (including phenoxy) is 2. The highest BCUT2D eigenvalue weighted by Crippen LogP contribution is 2.29. The Morgan fingerprint density at radius 3 is 2.89 bits per heavy atom. The Hall–Kier alpha value is -1.81. The van der Waals surface area contributed by atoms with Crippen LogP contribution in [0.1, 0.15) is 19.8 Å². The molecule has 0 radical (unpaired) electrons. The average Bonchev–Trinajstić information content (AvgIpc) is 2.45. The van der Waals surface area contributed by atoms with Gasteiger partial charge in [0.1, 0.15) is 12.4 Å². The Bertz CT molecular complexity index is 529. The minimum absolute atomic E-state index is 0.514. The fraction of sp³-hybridized carbons (Fsp3) is 0.400. The molecular formula is C15H20N2O2. The van der Waals surface area contributed by atoms with Crippen LogP contribution in [0, 0.1) is 0 Å². The lowest BCUT2D eigenvalue weighted by molar-refractivity contribution is 0.0983. The lowest BCUT2D eigenvalue weighted by Crippen LogP contribution is -2.08. The first kappa shape index (κ1) is 13.6. The Kier molecular flexibility index (Phi) is 4.98. The molecule has 0 bridgehead atoms. The van der Waals surface area contributed by atoms with E-state index in [4.69, 9.17) is 15.2 Å². The molecule has 0 spiro atoms. The van der Waals surface area contributed by atoms with E-state index < -0.39 is 0 Å².